The zero-order valence-corrected chi connectivity index (χ0v) is 12.1. The largest absolute Gasteiger partial charge is 0.353 e. The number of carbonyl (C=O) groups excluding carboxylic acids is 1. The maximum absolute atomic E-state index is 13.7. The summed E-state index contributed by atoms with van der Waals surface area (Å²) in [5, 5.41) is 2.22. The second-order valence-corrected chi connectivity index (χ2v) is 6.38. The number of carbonyl (C=O) groups is 1. The highest BCUT2D eigenvalue weighted by atomic mass is 79.9. The fraction of sp³-hybridized carbons (Fsp3) is 0.364. The van der Waals surface area contributed by atoms with E-state index in [0.29, 0.717) is 6.42 Å². The molecule has 1 N–H and O–H groups in total. The van der Waals surface area contributed by atoms with Crippen LogP contribution in [0.3, 0.4) is 0 Å². The third-order valence-electron chi connectivity index (χ3n) is 2.17. The lowest BCUT2D eigenvalue weighted by Gasteiger charge is -2.11. The Morgan fingerprint density at radius 2 is 2.06 bits per heavy atom. The van der Waals surface area contributed by atoms with E-state index in [4.69, 9.17) is 0 Å². The van der Waals surface area contributed by atoms with E-state index in [1.54, 1.807) is 13.0 Å². The van der Waals surface area contributed by atoms with Crippen LogP contribution < -0.4 is 5.32 Å². The molecule has 0 bridgehead atoms. The first-order valence-electron chi connectivity index (χ1n) is 5.31. The average molecular weight is 338 g/mol. The van der Waals surface area contributed by atoms with E-state index >= 15 is 0 Å². The Hall–Kier alpha value is -0.950. The van der Waals surface area contributed by atoms with Crippen molar-refractivity contribution < 1.29 is 17.6 Å². The summed E-state index contributed by atoms with van der Waals surface area (Å²) >= 11 is 3.02. The third kappa shape index (κ3) is 3.29. The SMILES string of the molecule is CCCNC(=O)C(F)S(=O)(=O)c1ccccc1Br. The van der Waals surface area contributed by atoms with Gasteiger partial charge in [-0.1, -0.05) is 19.1 Å². The first kappa shape index (κ1) is 15.1. The Balaban J connectivity index is 3.01. The number of halogens is 2. The molecule has 4 nitrogen and oxygen atoms in total. The van der Waals surface area contributed by atoms with Crippen molar-refractivity contribution in [2.75, 3.05) is 6.54 Å². The van der Waals surface area contributed by atoms with Crippen LogP contribution in [-0.4, -0.2) is 26.4 Å². The molecule has 1 atom stereocenters. The highest BCUT2D eigenvalue weighted by Gasteiger charge is 2.34. The summed E-state index contributed by atoms with van der Waals surface area (Å²) in [6, 6.07) is 5.80. The molecule has 0 aliphatic heterocycles. The van der Waals surface area contributed by atoms with Crippen molar-refractivity contribution in [2.45, 2.75) is 23.7 Å². The maximum atomic E-state index is 13.7. The van der Waals surface area contributed by atoms with Crippen LogP contribution in [0.25, 0.3) is 0 Å². The second-order valence-electron chi connectivity index (χ2n) is 3.58. The predicted molar refractivity (Wildman–Crippen MR) is 69.5 cm³/mol. The molecular weight excluding hydrogens is 325 g/mol. The number of rotatable bonds is 5. The second kappa shape index (κ2) is 6.29. The molecule has 1 aromatic carbocycles. The molecule has 1 amide bonds. The average Bonchev–Trinajstić information content (AvgIpc) is 2.35. The van der Waals surface area contributed by atoms with Gasteiger partial charge in [0.15, 0.2) is 0 Å². The molecule has 7 heteroatoms. The zero-order chi connectivity index (χ0) is 13.8. The van der Waals surface area contributed by atoms with Crippen LogP contribution in [0, 0.1) is 0 Å². The summed E-state index contributed by atoms with van der Waals surface area (Å²) in [7, 11) is -4.32. The maximum Gasteiger partial charge on any atom is 0.282 e. The van der Waals surface area contributed by atoms with Crippen LogP contribution in [0.2, 0.25) is 0 Å². The summed E-state index contributed by atoms with van der Waals surface area (Å²) in [4.78, 5) is 11.1. The quantitative estimate of drug-likeness (QED) is 0.894. The third-order valence-corrected chi connectivity index (χ3v) is 4.85. The van der Waals surface area contributed by atoms with Gasteiger partial charge in [0.05, 0.1) is 4.90 Å². The molecule has 18 heavy (non-hydrogen) atoms. The minimum atomic E-state index is -4.32. The Kier molecular flexibility index (Phi) is 5.28. The minimum Gasteiger partial charge on any atom is -0.353 e. The van der Waals surface area contributed by atoms with E-state index in [-0.39, 0.29) is 15.9 Å². The Labute approximate surface area is 114 Å². The summed E-state index contributed by atoms with van der Waals surface area (Å²) in [6.07, 6.45) is 0.605. The smallest absolute Gasteiger partial charge is 0.282 e. The minimum absolute atomic E-state index is 0.232. The normalized spacial score (nSPS) is 13.1. The van der Waals surface area contributed by atoms with Gasteiger partial charge in [-0.15, -0.1) is 0 Å². The molecule has 0 aliphatic rings. The van der Waals surface area contributed by atoms with Crippen LogP contribution in [0.4, 0.5) is 4.39 Å². The molecule has 0 fully saturated rings. The van der Waals surface area contributed by atoms with E-state index in [1.807, 2.05) is 0 Å². The number of benzene rings is 1. The van der Waals surface area contributed by atoms with E-state index in [1.165, 1.54) is 18.2 Å². The van der Waals surface area contributed by atoms with Gasteiger partial charge in [-0.25, -0.2) is 12.8 Å². The Bertz CT molecular complexity index is 533. The van der Waals surface area contributed by atoms with Gasteiger partial charge in [-0.3, -0.25) is 4.79 Å². The van der Waals surface area contributed by atoms with Crippen molar-refractivity contribution in [2.24, 2.45) is 0 Å². The molecule has 0 aromatic heterocycles. The van der Waals surface area contributed by atoms with E-state index in [9.17, 15) is 17.6 Å². The molecule has 0 saturated heterocycles. The molecule has 0 aliphatic carbocycles. The van der Waals surface area contributed by atoms with Crippen LogP contribution in [-0.2, 0) is 14.6 Å². The molecule has 0 saturated carbocycles. The summed E-state index contributed by atoms with van der Waals surface area (Å²) < 4.78 is 37.8. The molecule has 1 rings (SSSR count). The lowest BCUT2D eigenvalue weighted by Crippen LogP contribution is -2.37. The standard InChI is InChI=1S/C11H13BrFNO3S/c1-2-7-14-11(15)10(13)18(16,17)9-6-4-3-5-8(9)12/h3-6,10H,2,7H2,1H3,(H,14,15). The van der Waals surface area contributed by atoms with E-state index in [2.05, 4.69) is 21.2 Å². The number of nitrogens with one attached hydrogen (secondary N) is 1. The van der Waals surface area contributed by atoms with E-state index in [0.717, 1.165) is 0 Å². The molecule has 0 radical (unpaired) electrons. The van der Waals surface area contributed by atoms with Gasteiger partial charge in [0.25, 0.3) is 11.4 Å². The zero-order valence-electron chi connectivity index (χ0n) is 9.69. The number of alkyl halides is 1. The number of amides is 1. The highest BCUT2D eigenvalue weighted by Crippen LogP contribution is 2.25. The van der Waals surface area contributed by atoms with Gasteiger partial charge < -0.3 is 5.32 Å². The van der Waals surface area contributed by atoms with Gasteiger partial charge in [-0.2, -0.15) is 0 Å². The van der Waals surface area contributed by atoms with Crippen molar-refractivity contribution in [3.63, 3.8) is 0 Å². The molecule has 1 unspecified atom stereocenters. The van der Waals surface area contributed by atoms with Crippen molar-refractivity contribution in [1.29, 1.82) is 0 Å². The molecule has 0 spiro atoms. The number of hydrogen-bond donors (Lipinski definition) is 1. The first-order chi connectivity index (χ1) is 8.41. The summed E-state index contributed by atoms with van der Waals surface area (Å²) in [5.74, 6) is -1.13. The van der Waals surface area contributed by atoms with Crippen LogP contribution in [0.5, 0.6) is 0 Å². The fourth-order valence-corrected chi connectivity index (χ4v) is 3.41. The Morgan fingerprint density at radius 3 is 2.61 bits per heavy atom. The van der Waals surface area contributed by atoms with Crippen molar-refractivity contribution >= 4 is 31.7 Å². The monoisotopic (exact) mass is 337 g/mol. The fourth-order valence-electron chi connectivity index (χ4n) is 1.26. The van der Waals surface area contributed by atoms with Gasteiger partial charge in [0, 0.05) is 11.0 Å². The highest BCUT2D eigenvalue weighted by molar-refractivity contribution is 9.10. The van der Waals surface area contributed by atoms with Crippen molar-refractivity contribution in [3.05, 3.63) is 28.7 Å². The molecule has 1 aromatic rings. The van der Waals surface area contributed by atoms with Crippen LogP contribution in [0.15, 0.2) is 33.6 Å². The first-order valence-corrected chi connectivity index (χ1v) is 7.65. The lowest BCUT2D eigenvalue weighted by atomic mass is 10.4. The number of hydrogen-bond acceptors (Lipinski definition) is 3. The van der Waals surface area contributed by atoms with Crippen molar-refractivity contribution in [1.82, 2.24) is 5.32 Å². The van der Waals surface area contributed by atoms with Gasteiger partial charge in [0.2, 0.25) is 9.84 Å². The summed E-state index contributed by atoms with van der Waals surface area (Å²) in [6.45, 7) is 2.03. The topological polar surface area (TPSA) is 63.2 Å². The molecule has 100 valence electrons. The number of sulfone groups is 1. The lowest BCUT2D eigenvalue weighted by molar-refractivity contribution is -0.123. The van der Waals surface area contributed by atoms with Crippen LogP contribution >= 0.6 is 15.9 Å². The van der Waals surface area contributed by atoms with Gasteiger partial charge in [0.1, 0.15) is 0 Å². The van der Waals surface area contributed by atoms with Gasteiger partial charge in [-0.05, 0) is 34.5 Å². The van der Waals surface area contributed by atoms with Crippen LogP contribution in [0.1, 0.15) is 13.3 Å². The molecule has 0 heterocycles. The van der Waals surface area contributed by atoms with Crippen molar-refractivity contribution in [3.8, 4) is 0 Å². The van der Waals surface area contributed by atoms with E-state index < -0.39 is 21.2 Å². The molecular formula is C11H13BrFNO3S. The van der Waals surface area contributed by atoms with Gasteiger partial charge >= 0.3 is 0 Å². The Morgan fingerprint density at radius 1 is 1.44 bits per heavy atom. The summed E-state index contributed by atoms with van der Waals surface area (Å²) in [5.41, 5.74) is -2.59. The predicted octanol–water partition coefficient (Wildman–Crippen LogP) is 2.04.